The number of hydrogen-bond donors (Lipinski definition) is 1. The molecule has 0 aliphatic heterocycles. The quantitative estimate of drug-likeness (QED) is 0.142. The van der Waals surface area contributed by atoms with E-state index in [0.717, 1.165) is 186 Å². The molecular formula is C96H57BBrO8. The third-order valence-corrected chi connectivity index (χ3v) is 21.1. The molecule has 10 heteroatoms. The lowest BCUT2D eigenvalue weighted by Gasteiger charge is -2.07. The van der Waals surface area contributed by atoms with Crippen LogP contribution in [0.4, 0.5) is 0 Å². The van der Waals surface area contributed by atoms with E-state index in [2.05, 4.69) is 283 Å². The maximum Gasteiger partial charge on any atom is 0.569 e. The van der Waals surface area contributed by atoms with Crippen molar-refractivity contribution in [2.24, 2.45) is 0 Å². The number of hydrogen-bond acceptors (Lipinski definition) is 8. The second kappa shape index (κ2) is 25.8. The molecule has 0 amide bonds. The lowest BCUT2D eigenvalue weighted by molar-refractivity contribution is 0.454. The fraction of sp³-hybridized carbons (Fsp3) is 0. The Bertz CT molecular complexity index is 7130. The van der Waals surface area contributed by atoms with Gasteiger partial charge in [0.2, 0.25) is 0 Å². The number of fused-ring (bicyclic) bond motifs is 18. The van der Waals surface area contributed by atoms with E-state index >= 15 is 0 Å². The average Bonchev–Trinajstić information content (AvgIpc) is 1.56. The van der Waals surface area contributed by atoms with Crippen molar-refractivity contribution in [1.82, 2.24) is 0 Å². The topological polar surface area (TPSA) is 108 Å². The van der Waals surface area contributed by atoms with Crippen LogP contribution >= 0.6 is 15.9 Å². The van der Waals surface area contributed by atoms with Gasteiger partial charge in [-0.3, -0.25) is 0 Å². The molecule has 0 bridgehead atoms. The Morgan fingerprint density at radius 3 is 0.858 bits per heavy atom. The van der Waals surface area contributed by atoms with Crippen molar-refractivity contribution in [2.75, 3.05) is 0 Å². The molecule has 8 nitrogen and oxygen atoms in total. The van der Waals surface area contributed by atoms with Crippen molar-refractivity contribution in [3.05, 3.63) is 344 Å². The van der Waals surface area contributed by atoms with E-state index in [-0.39, 0.29) is 0 Å². The van der Waals surface area contributed by atoms with Crippen LogP contribution in [0, 0.1) is 0 Å². The molecule has 1 radical (unpaired) electrons. The van der Waals surface area contributed by atoms with E-state index in [1.807, 2.05) is 66.7 Å². The average molecular weight is 1430 g/mol. The molecule has 6 heterocycles. The highest BCUT2D eigenvalue weighted by molar-refractivity contribution is 9.10. The Morgan fingerprint density at radius 2 is 0.481 bits per heavy atom. The summed E-state index contributed by atoms with van der Waals surface area (Å²) >= 11 is 3.85. The van der Waals surface area contributed by atoms with Crippen LogP contribution in [-0.4, -0.2) is 12.7 Å². The van der Waals surface area contributed by atoms with E-state index in [9.17, 15) is 0 Å². The van der Waals surface area contributed by atoms with Crippen LogP contribution in [0.1, 0.15) is 0 Å². The van der Waals surface area contributed by atoms with Crippen LogP contribution in [0.3, 0.4) is 0 Å². The van der Waals surface area contributed by atoms with Gasteiger partial charge in [-0.15, -0.1) is 0 Å². The van der Waals surface area contributed by atoms with Gasteiger partial charge in [0.05, 0.1) is 4.47 Å². The summed E-state index contributed by atoms with van der Waals surface area (Å²) in [4.78, 5) is 0. The summed E-state index contributed by atoms with van der Waals surface area (Å²) in [5.74, 6) is 0.572. The number of rotatable bonds is 9. The molecule has 22 rings (SSSR count). The number of halogens is 1. The van der Waals surface area contributed by atoms with E-state index in [1.54, 1.807) is 6.07 Å². The van der Waals surface area contributed by atoms with Crippen LogP contribution in [-0.2, 0) is 0 Å². The molecule has 0 atom stereocenters. The van der Waals surface area contributed by atoms with Gasteiger partial charge in [0.25, 0.3) is 0 Å². The van der Waals surface area contributed by atoms with Crippen LogP contribution in [0.15, 0.2) is 371 Å². The van der Waals surface area contributed by atoms with Crippen LogP contribution < -0.4 is 4.65 Å². The van der Waals surface area contributed by atoms with Crippen LogP contribution in [0.25, 0.3) is 210 Å². The van der Waals surface area contributed by atoms with Gasteiger partial charge in [-0.1, -0.05) is 224 Å². The minimum atomic E-state index is 0.572. The predicted molar refractivity (Wildman–Crippen MR) is 437 cm³/mol. The van der Waals surface area contributed by atoms with Gasteiger partial charge in [-0.25, -0.2) is 0 Å². The summed E-state index contributed by atoms with van der Waals surface area (Å²) in [7, 11) is 0.679. The van der Waals surface area contributed by atoms with E-state index in [1.165, 1.54) is 27.8 Å². The highest BCUT2D eigenvalue weighted by atomic mass is 79.9. The largest absolute Gasteiger partial charge is 0.569 e. The summed E-state index contributed by atoms with van der Waals surface area (Å²) in [6.45, 7) is 0. The molecule has 0 fully saturated rings. The second-order valence-electron chi connectivity index (χ2n) is 26.6. The zero-order valence-electron chi connectivity index (χ0n) is 56.6. The molecule has 0 aliphatic rings. The Kier molecular flexibility index (Phi) is 15.2. The first kappa shape index (κ1) is 62.4. The first-order valence-electron chi connectivity index (χ1n) is 35.1. The molecule has 0 unspecified atom stereocenters. The number of furan rings is 6. The standard InChI is InChI=1S/C48H28O3.C30H17BrO2.C18H12BO3/c1-4-10-29(11-5-1)32-16-20-41-36(24-32)37-27-35(19-23-42(37)49-41)46-47-40-26-34(31-14-8-3-9-15-31)18-22-44(40)50-45(47)28-39-38-25-33(30-12-6-2-7-13-30)17-21-43(38)51-48(39)46;31-29-28-24-16-21(19-9-5-2-6-10-19)12-14-26(24)32-27(28)17-23-22-15-20(18-7-3-1-4-8-18)11-13-25(22)33-30(23)29;20-19-22-14-7-9-18-16(11-14)15-10-13(6-8-17(15)21-18)12-4-2-1-3-5-12/h1-28H;1-17H;1-11,20H. The molecule has 0 aliphatic carbocycles. The minimum Gasteiger partial charge on any atom is -0.537 e. The zero-order chi connectivity index (χ0) is 70.3. The summed E-state index contributed by atoms with van der Waals surface area (Å²) in [6.07, 6.45) is 0. The summed E-state index contributed by atoms with van der Waals surface area (Å²) in [5, 5.41) is 21.3. The lowest BCUT2D eigenvalue weighted by Crippen LogP contribution is -1.98. The molecule has 16 aromatic carbocycles. The van der Waals surface area contributed by atoms with Crippen molar-refractivity contribution in [3.63, 3.8) is 0 Å². The van der Waals surface area contributed by atoms with Gasteiger partial charge in [0.1, 0.15) is 67.2 Å². The molecular weight excluding hydrogens is 1370 g/mol. The molecule has 6 aromatic heterocycles. The predicted octanol–water partition coefficient (Wildman–Crippen LogP) is 27.8. The van der Waals surface area contributed by atoms with Crippen LogP contribution in [0.2, 0.25) is 0 Å². The molecule has 0 saturated carbocycles. The van der Waals surface area contributed by atoms with Crippen molar-refractivity contribution in [1.29, 1.82) is 0 Å². The van der Waals surface area contributed by atoms with Gasteiger partial charge in [0, 0.05) is 70.2 Å². The molecule has 22 aromatic rings. The lowest BCUT2D eigenvalue weighted by atomic mass is 9.94. The monoisotopic (exact) mass is 1430 g/mol. The van der Waals surface area contributed by atoms with Crippen LogP contribution in [0.5, 0.6) is 5.75 Å². The van der Waals surface area contributed by atoms with Gasteiger partial charge in [-0.2, -0.15) is 0 Å². The van der Waals surface area contributed by atoms with Crippen molar-refractivity contribution in [2.45, 2.75) is 0 Å². The molecule has 0 spiro atoms. The first-order chi connectivity index (χ1) is 52.4. The third kappa shape index (κ3) is 11.0. The van der Waals surface area contributed by atoms with Crippen molar-refractivity contribution < 1.29 is 36.2 Å². The van der Waals surface area contributed by atoms with Crippen molar-refractivity contribution >= 4 is 155 Å². The smallest absolute Gasteiger partial charge is 0.537 e. The van der Waals surface area contributed by atoms with Gasteiger partial charge < -0.3 is 36.2 Å². The highest BCUT2D eigenvalue weighted by Gasteiger charge is 2.25. The summed E-state index contributed by atoms with van der Waals surface area (Å²) < 4.78 is 44.4. The first-order valence-corrected chi connectivity index (χ1v) is 35.9. The maximum atomic E-state index is 8.78. The second-order valence-corrected chi connectivity index (χ2v) is 27.4. The summed E-state index contributed by atoms with van der Waals surface area (Å²) in [5.41, 5.74) is 26.1. The zero-order valence-corrected chi connectivity index (χ0v) is 58.2. The third-order valence-electron chi connectivity index (χ3n) is 20.4. The Hall–Kier alpha value is -13.4. The Balaban J connectivity index is 0.000000116. The molecule has 1 N–H and O–H groups in total. The Labute approximate surface area is 615 Å². The van der Waals surface area contributed by atoms with E-state index < -0.39 is 0 Å². The normalized spacial score (nSPS) is 11.7. The van der Waals surface area contributed by atoms with Gasteiger partial charge in [-0.05, 0) is 204 Å². The fourth-order valence-corrected chi connectivity index (χ4v) is 15.9. The molecule has 106 heavy (non-hydrogen) atoms. The van der Waals surface area contributed by atoms with Crippen molar-refractivity contribution in [3.8, 4) is 83.6 Å². The fourth-order valence-electron chi connectivity index (χ4n) is 15.2. The van der Waals surface area contributed by atoms with Gasteiger partial charge >= 0.3 is 7.69 Å². The molecule has 0 saturated heterocycles. The Morgan fingerprint density at radius 1 is 0.217 bits per heavy atom. The van der Waals surface area contributed by atoms with E-state index in [0.29, 0.717) is 13.4 Å². The highest BCUT2D eigenvalue weighted by Crippen LogP contribution is 2.49. The number of benzene rings is 16. The SMILES string of the molecule is Brc1c2oc3ccc(-c4ccccc4)cc3c2cc2oc3ccc(-c4ccccc4)cc3c12.O[B]Oc1ccc2oc3ccc(-c4ccccc4)cc3c2c1.c1ccc(-c2ccc3oc4ccc(-c5c6oc7ccc(-c8ccccc8)cc7c6cc6oc7ccc(-c8ccccc8)cc7c56)cc4c3c2)cc1. The summed E-state index contributed by atoms with van der Waals surface area (Å²) in [6, 6.07) is 117. The molecule has 499 valence electrons. The van der Waals surface area contributed by atoms with Gasteiger partial charge in [0.15, 0.2) is 5.58 Å². The minimum absolute atomic E-state index is 0.572. The van der Waals surface area contributed by atoms with E-state index in [4.69, 9.17) is 36.2 Å². The maximum absolute atomic E-state index is 8.78.